The predicted molar refractivity (Wildman–Crippen MR) is 87.1 cm³/mol. The van der Waals surface area contributed by atoms with Gasteiger partial charge >= 0.3 is 0 Å². The molecule has 2 aromatic carbocycles. The van der Waals surface area contributed by atoms with Crippen LogP contribution in [0.4, 0.5) is 0 Å². The SMILES string of the molecule is Clc1ccc(OCc2ccccc2Cl)c(CNC2CC2)c1. The fraction of sp³-hybridized carbons (Fsp3) is 0.294. The molecule has 3 rings (SSSR count). The molecule has 0 heterocycles. The molecular weight excluding hydrogens is 305 g/mol. The highest BCUT2D eigenvalue weighted by Crippen LogP contribution is 2.26. The summed E-state index contributed by atoms with van der Waals surface area (Å²) in [6.07, 6.45) is 2.52. The lowest BCUT2D eigenvalue weighted by atomic mass is 10.2. The largest absolute Gasteiger partial charge is 0.489 e. The smallest absolute Gasteiger partial charge is 0.124 e. The third-order valence-electron chi connectivity index (χ3n) is 3.52. The molecule has 110 valence electrons. The predicted octanol–water partition coefficient (Wildman–Crippen LogP) is 4.82. The van der Waals surface area contributed by atoms with Crippen molar-refractivity contribution in [2.45, 2.75) is 32.0 Å². The average Bonchev–Trinajstić information content (AvgIpc) is 3.30. The van der Waals surface area contributed by atoms with E-state index in [1.54, 1.807) is 0 Å². The van der Waals surface area contributed by atoms with E-state index in [9.17, 15) is 0 Å². The van der Waals surface area contributed by atoms with E-state index >= 15 is 0 Å². The number of nitrogens with one attached hydrogen (secondary N) is 1. The minimum Gasteiger partial charge on any atom is -0.489 e. The number of halogens is 2. The van der Waals surface area contributed by atoms with Gasteiger partial charge in [0.25, 0.3) is 0 Å². The van der Waals surface area contributed by atoms with E-state index in [0.29, 0.717) is 12.6 Å². The van der Waals surface area contributed by atoms with Crippen molar-refractivity contribution in [3.8, 4) is 5.75 Å². The van der Waals surface area contributed by atoms with Gasteiger partial charge in [0.2, 0.25) is 0 Å². The van der Waals surface area contributed by atoms with Crippen LogP contribution >= 0.6 is 23.2 Å². The lowest BCUT2D eigenvalue weighted by Crippen LogP contribution is -2.16. The molecule has 1 N–H and O–H groups in total. The second-order valence-electron chi connectivity index (χ2n) is 5.29. The maximum absolute atomic E-state index is 6.15. The quantitative estimate of drug-likeness (QED) is 0.823. The fourth-order valence-electron chi connectivity index (χ4n) is 2.14. The zero-order valence-electron chi connectivity index (χ0n) is 11.6. The van der Waals surface area contributed by atoms with Crippen LogP contribution in [0.1, 0.15) is 24.0 Å². The summed E-state index contributed by atoms with van der Waals surface area (Å²) >= 11 is 12.2. The van der Waals surface area contributed by atoms with Gasteiger partial charge in [-0.1, -0.05) is 41.4 Å². The normalized spacial score (nSPS) is 14.2. The van der Waals surface area contributed by atoms with Gasteiger partial charge in [-0.3, -0.25) is 0 Å². The van der Waals surface area contributed by atoms with Crippen LogP contribution in [0.25, 0.3) is 0 Å². The van der Waals surface area contributed by atoms with Crippen LogP contribution in [-0.2, 0) is 13.2 Å². The second kappa shape index (κ2) is 6.69. The summed E-state index contributed by atoms with van der Waals surface area (Å²) in [7, 11) is 0. The molecule has 0 radical (unpaired) electrons. The second-order valence-corrected chi connectivity index (χ2v) is 6.13. The Balaban J connectivity index is 1.70. The van der Waals surface area contributed by atoms with Gasteiger partial charge in [-0.15, -0.1) is 0 Å². The van der Waals surface area contributed by atoms with Crippen molar-refractivity contribution in [1.29, 1.82) is 0 Å². The van der Waals surface area contributed by atoms with E-state index < -0.39 is 0 Å². The van der Waals surface area contributed by atoms with Crippen molar-refractivity contribution in [3.63, 3.8) is 0 Å². The molecule has 0 spiro atoms. The van der Waals surface area contributed by atoms with E-state index in [4.69, 9.17) is 27.9 Å². The van der Waals surface area contributed by atoms with E-state index in [-0.39, 0.29) is 0 Å². The lowest BCUT2D eigenvalue weighted by Gasteiger charge is -2.13. The molecule has 0 unspecified atom stereocenters. The zero-order valence-corrected chi connectivity index (χ0v) is 13.1. The Morgan fingerprint density at radius 3 is 2.62 bits per heavy atom. The van der Waals surface area contributed by atoms with Gasteiger partial charge in [0, 0.05) is 33.8 Å². The molecule has 1 aliphatic rings. The van der Waals surface area contributed by atoms with Crippen molar-refractivity contribution >= 4 is 23.2 Å². The van der Waals surface area contributed by atoms with E-state index in [0.717, 1.165) is 33.5 Å². The summed E-state index contributed by atoms with van der Waals surface area (Å²) < 4.78 is 5.93. The van der Waals surface area contributed by atoms with Crippen molar-refractivity contribution < 1.29 is 4.74 Å². The molecule has 4 heteroatoms. The van der Waals surface area contributed by atoms with Crippen molar-refractivity contribution in [2.75, 3.05) is 0 Å². The molecule has 1 fully saturated rings. The van der Waals surface area contributed by atoms with E-state index in [2.05, 4.69) is 5.32 Å². The first-order chi connectivity index (χ1) is 10.2. The Kier molecular flexibility index (Phi) is 4.69. The topological polar surface area (TPSA) is 21.3 Å². The number of hydrogen-bond donors (Lipinski definition) is 1. The summed E-state index contributed by atoms with van der Waals surface area (Å²) in [4.78, 5) is 0. The number of hydrogen-bond acceptors (Lipinski definition) is 2. The van der Waals surface area contributed by atoms with E-state index in [1.807, 2.05) is 42.5 Å². The highest BCUT2D eigenvalue weighted by atomic mass is 35.5. The summed E-state index contributed by atoms with van der Waals surface area (Å²) in [5.41, 5.74) is 2.07. The molecule has 0 atom stereocenters. The number of ether oxygens (including phenoxy) is 1. The van der Waals surface area contributed by atoms with Gasteiger partial charge in [-0.05, 0) is 37.1 Å². The Morgan fingerprint density at radius 2 is 1.86 bits per heavy atom. The molecule has 0 aliphatic heterocycles. The zero-order chi connectivity index (χ0) is 14.7. The van der Waals surface area contributed by atoms with Gasteiger partial charge in [0.15, 0.2) is 0 Å². The van der Waals surface area contributed by atoms with Gasteiger partial charge in [0.05, 0.1) is 0 Å². The third kappa shape index (κ3) is 4.13. The standard InChI is InChI=1S/C17H17Cl2NO/c18-14-5-8-17(13(9-14)10-20-15-6-7-15)21-11-12-3-1-2-4-16(12)19/h1-5,8-9,15,20H,6-7,10-11H2. The van der Waals surface area contributed by atoms with Gasteiger partial charge < -0.3 is 10.1 Å². The summed E-state index contributed by atoms with van der Waals surface area (Å²) in [5, 5.41) is 4.94. The highest BCUT2D eigenvalue weighted by molar-refractivity contribution is 6.31. The van der Waals surface area contributed by atoms with Gasteiger partial charge in [-0.25, -0.2) is 0 Å². The Hall–Kier alpha value is -1.22. The number of benzene rings is 2. The van der Waals surface area contributed by atoms with Crippen LogP contribution in [0.2, 0.25) is 10.0 Å². The monoisotopic (exact) mass is 321 g/mol. The molecule has 0 amide bonds. The van der Waals surface area contributed by atoms with Crippen LogP contribution in [0.15, 0.2) is 42.5 Å². The summed E-state index contributed by atoms with van der Waals surface area (Å²) in [5.74, 6) is 0.854. The molecule has 0 bridgehead atoms. The molecule has 1 aliphatic carbocycles. The highest BCUT2D eigenvalue weighted by Gasteiger charge is 2.20. The summed E-state index contributed by atoms with van der Waals surface area (Å²) in [6.45, 7) is 1.24. The maximum Gasteiger partial charge on any atom is 0.124 e. The molecule has 1 saturated carbocycles. The lowest BCUT2D eigenvalue weighted by molar-refractivity contribution is 0.302. The maximum atomic E-state index is 6.15. The van der Waals surface area contributed by atoms with Gasteiger partial charge in [0.1, 0.15) is 12.4 Å². The van der Waals surface area contributed by atoms with Crippen molar-refractivity contribution in [2.24, 2.45) is 0 Å². The molecule has 0 aromatic heterocycles. The Labute approximate surface area is 135 Å². The van der Waals surface area contributed by atoms with Crippen LogP contribution in [0, 0.1) is 0 Å². The minimum atomic E-state index is 0.456. The average molecular weight is 322 g/mol. The molecule has 0 saturated heterocycles. The first kappa shape index (κ1) is 14.7. The van der Waals surface area contributed by atoms with Crippen LogP contribution in [-0.4, -0.2) is 6.04 Å². The molecule has 2 aromatic rings. The van der Waals surface area contributed by atoms with Crippen LogP contribution in [0.5, 0.6) is 5.75 Å². The van der Waals surface area contributed by atoms with Crippen molar-refractivity contribution in [1.82, 2.24) is 5.32 Å². The van der Waals surface area contributed by atoms with E-state index in [1.165, 1.54) is 12.8 Å². The van der Waals surface area contributed by atoms with Crippen LogP contribution in [0.3, 0.4) is 0 Å². The van der Waals surface area contributed by atoms with Crippen molar-refractivity contribution in [3.05, 3.63) is 63.6 Å². The molecule has 2 nitrogen and oxygen atoms in total. The minimum absolute atomic E-state index is 0.456. The first-order valence-corrected chi connectivity index (χ1v) is 7.86. The summed E-state index contributed by atoms with van der Waals surface area (Å²) in [6, 6.07) is 14.1. The third-order valence-corrected chi connectivity index (χ3v) is 4.13. The number of rotatable bonds is 6. The fourth-order valence-corrected chi connectivity index (χ4v) is 2.52. The molecule has 21 heavy (non-hydrogen) atoms. The molecular formula is C17H17Cl2NO. The van der Waals surface area contributed by atoms with Crippen LogP contribution < -0.4 is 10.1 Å². The Morgan fingerprint density at radius 1 is 1.05 bits per heavy atom. The Bertz CT molecular complexity index is 626. The van der Waals surface area contributed by atoms with Gasteiger partial charge in [-0.2, -0.15) is 0 Å². The first-order valence-electron chi connectivity index (χ1n) is 7.10.